The van der Waals surface area contributed by atoms with Gasteiger partial charge in [-0.25, -0.2) is 21.6 Å². The molecule has 0 radical (unpaired) electrons. The highest BCUT2D eigenvalue weighted by Crippen LogP contribution is 2.26. The fourth-order valence-electron chi connectivity index (χ4n) is 3.01. The molecule has 3 aromatic rings. The quantitative estimate of drug-likeness (QED) is 0.499. The number of sulfonamides is 1. The first-order valence-corrected chi connectivity index (χ1v) is 13.1. The molecule has 164 valence electrons. The highest BCUT2D eigenvalue weighted by molar-refractivity contribution is 7.91. The smallest absolute Gasteiger partial charge is 0.219 e. The van der Waals surface area contributed by atoms with Crippen LogP contribution in [-0.2, 0) is 26.3 Å². The molecule has 1 N–H and O–H groups in total. The number of aryl methyl sites for hydroxylation is 2. The van der Waals surface area contributed by atoms with Gasteiger partial charge in [-0.1, -0.05) is 53.0 Å². The second-order valence-corrected chi connectivity index (χ2v) is 11.7. The Labute approximate surface area is 193 Å². The minimum Gasteiger partial charge on any atom is -0.219 e. The first-order chi connectivity index (χ1) is 14.5. The molecule has 0 heterocycles. The molecule has 31 heavy (non-hydrogen) atoms. The average molecular weight is 498 g/mol. The van der Waals surface area contributed by atoms with Crippen molar-refractivity contribution in [1.29, 1.82) is 0 Å². The van der Waals surface area contributed by atoms with E-state index in [-0.39, 0.29) is 21.2 Å². The lowest BCUT2D eigenvalue weighted by Gasteiger charge is -2.12. The van der Waals surface area contributed by atoms with Gasteiger partial charge in [0.1, 0.15) is 0 Å². The predicted octanol–water partition coefficient (Wildman–Crippen LogP) is 4.96. The lowest BCUT2D eigenvalue weighted by molar-refractivity contribution is 0.580. The van der Waals surface area contributed by atoms with Crippen molar-refractivity contribution < 1.29 is 16.8 Å². The van der Waals surface area contributed by atoms with Crippen molar-refractivity contribution in [3.63, 3.8) is 0 Å². The Hall–Kier alpha value is -1.90. The zero-order chi connectivity index (χ0) is 22.8. The Balaban J connectivity index is 1.85. The molecule has 0 amide bonds. The summed E-state index contributed by atoms with van der Waals surface area (Å²) in [4.78, 5) is -0.0541. The van der Waals surface area contributed by atoms with Gasteiger partial charge in [-0.05, 0) is 67.8 Å². The summed E-state index contributed by atoms with van der Waals surface area (Å²) < 4.78 is 54.2. The molecule has 0 saturated heterocycles. The number of nitrogens with one attached hydrogen (secondary N) is 1. The topological polar surface area (TPSA) is 80.3 Å². The fourth-order valence-corrected chi connectivity index (χ4v) is 6.18. The van der Waals surface area contributed by atoms with Gasteiger partial charge < -0.3 is 0 Å². The normalized spacial score (nSPS) is 12.1. The first-order valence-electron chi connectivity index (χ1n) is 9.37. The minimum atomic E-state index is -3.94. The molecule has 0 aliphatic carbocycles. The Morgan fingerprint density at radius 2 is 1.45 bits per heavy atom. The van der Waals surface area contributed by atoms with Crippen LogP contribution >= 0.6 is 23.2 Å². The van der Waals surface area contributed by atoms with Gasteiger partial charge in [0.2, 0.25) is 19.9 Å². The zero-order valence-corrected chi connectivity index (χ0v) is 20.0. The van der Waals surface area contributed by atoms with Crippen LogP contribution in [0, 0.1) is 13.8 Å². The third kappa shape index (κ3) is 5.48. The summed E-state index contributed by atoms with van der Waals surface area (Å²) in [7, 11) is -7.79. The van der Waals surface area contributed by atoms with Crippen LogP contribution in [0.25, 0.3) is 0 Å². The van der Waals surface area contributed by atoms with Crippen molar-refractivity contribution in [2.75, 3.05) is 6.54 Å². The Morgan fingerprint density at radius 1 is 0.806 bits per heavy atom. The molecule has 9 heteroatoms. The molecule has 3 rings (SSSR count). The molecular weight excluding hydrogens is 477 g/mol. The van der Waals surface area contributed by atoms with Crippen molar-refractivity contribution in [3.8, 4) is 0 Å². The summed E-state index contributed by atoms with van der Waals surface area (Å²) in [6.07, 6.45) is 0.357. The lowest BCUT2D eigenvalue weighted by atomic mass is 10.1. The molecule has 0 fully saturated rings. The van der Waals surface area contributed by atoms with Gasteiger partial charge in [-0.3, -0.25) is 0 Å². The molecule has 0 aliphatic heterocycles. The number of benzene rings is 3. The predicted molar refractivity (Wildman–Crippen MR) is 123 cm³/mol. The fraction of sp³-hybridized carbons (Fsp3) is 0.182. The van der Waals surface area contributed by atoms with E-state index in [0.29, 0.717) is 22.0 Å². The zero-order valence-electron chi connectivity index (χ0n) is 16.9. The molecule has 0 saturated carbocycles. The lowest BCUT2D eigenvalue weighted by Crippen LogP contribution is -2.27. The van der Waals surface area contributed by atoms with Gasteiger partial charge in [0.15, 0.2) is 0 Å². The van der Waals surface area contributed by atoms with E-state index in [1.807, 2.05) is 6.92 Å². The molecule has 0 spiro atoms. The van der Waals surface area contributed by atoms with Crippen molar-refractivity contribution >= 4 is 43.1 Å². The SMILES string of the molecule is Cc1ccc(S(=O)(=O)c2ccc(C)c(S(=O)(=O)NCCc3ccc(Cl)cc3Cl)c2)cc1. The summed E-state index contributed by atoms with van der Waals surface area (Å²) in [6, 6.07) is 15.5. The monoisotopic (exact) mass is 497 g/mol. The van der Waals surface area contributed by atoms with Crippen LogP contribution in [-0.4, -0.2) is 23.4 Å². The van der Waals surface area contributed by atoms with E-state index in [0.717, 1.165) is 11.1 Å². The maximum atomic E-state index is 13.0. The summed E-state index contributed by atoms with van der Waals surface area (Å²) in [5.41, 5.74) is 2.12. The number of hydrogen-bond donors (Lipinski definition) is 1. The Kier molecular flexibility index (Phi) is 7.13. The third-order valence-corrected chi connectivity index (χ3v) is 8.75. The van der Waals surface area contributed by atoms with E-state index < -0.39 is 19.9 Å². The van der Waals surface area contributed by atoms with Crippen molar-refractivity contribution in [2.24, 2.45) is 0 Å². The minimum absolute atomic E-state index is 0.0805. The number of halogens is 2. The maximum absolute atomic E-state index is 13.0. The number of hydrogen-bond acceptors (Lipinski definition) is 4. The summed E-state index contributed by atoms with van der Waals surface area (Å²) in [5, 5.41) is 0.950. The number of sulfone groups is 1. The molecule has 0 unspecified atom stereocenters. The van der Waals surface area contributed by atoms with Gasteiger partial charge in [0, 0.05) is 16.6 Å². The van der Waals surface area contributed by atoms with Gasteiger partial charge in [0.05, 0.1) is 14.7 Å². The van der Waals surface area contributed by atoms with Crippen LogP contribution in [0.4, 0.5) is 0 Å². The van der Waals surface area contributed by atoms with E-state index in [2.05, 4.69) is 4.72 Å². The van der Waals surface area contributed by atoms with Gasteiger partial charge in [-0.15, -0.1) is 0 Å². The second-order valence-electron chi connectivity index (χ2n) is 7.13. The van der Waals surface area contributed by atoms with Crippen molar-refractivity contribution in [1.82, 2.24) is 4.72 Å². The van der Waals surface area contributed by atoms with Crippen LogP contribution in [0.15, 0.2) is 75.4 Å². The van der Waals surface area contributed by atoms with E-state index in [1.165, 1.54) is 30.3 Å². The second kappa shape index (κ2) is 9.30. The van der Waals surface area contributed by atoms with E-state index in [9.17, 15) is 16.8 Å². The van der Waals surface area contributed by atoms with Crippen LogP contribution in [0.1, 0.15) is 16.7 Å². The van der Waals surface area contributed by atoms with Crippen LogP contribution < -0.4 is 4.72 Å². The molecule has 0 aromatic heterocycles. The van der Waals surface area contributed by atoms with Gasteiger partial charge >= 0.3 is 0 Å². The Bertz CT molecular complexity index is 1320. The van der Waals surface area contributed by atoms with Crippen LogP contribution in [0.2, 0.25) is 10.0 Å². The van der Waals surface area contributed by atoms with E-state index >= 15 is 0 Å². The largest absolute Gasteiger partial charge is 0.240 e. The molecular formula is C22H21Cl2NO4S2. The molecule has 0 bridgehead atoms. The maximum Gasteiger partial charge on any atom is 0.240 e. The third-order valence-electron chi connectivity index (χ3n) is 4.79. The molecule has 0 aliphatic rings. The van der Waals surface area contributed by atoms with E-state index in [1.54, 1.807) is 37.3 Å². The highest BCUT2D eigenvalue weighted by Gasteiger charge is 2.23. The van der Waals surface area contributed by atoms with Crippen molar-refractivity contribution in [3.05, 3.63) is 87.4 Å². The molecule has 0 atom stereocenters. The van der Waals surface area contributed by atoms with Gasteiger partial charge in [0.25, 0.3) is 0 Å². The summed E-state index contributed by atoms with van der Waals surface area (Å²) in [6.45, 7) is 3.57. The van der Waals surface area contributed by atoms with Crippen molar-refractivity contribution in [2.45, 2.75) is 35.0 Å². The number of rotatable bonds is 7. The van der Waals surface area contributed by atoms with Crippen LogP contribution in [0.5, 0.6) is 0 Å². The molecule has 3 aromatic carbocycles. The first kappa shape index (κ1) is 23.8. The summed E-state index contributed by atoms with van der Waals surface area (Å²) in [5.74, 6) is 0. The average Bonchev–Trinajstić information content (AvgIpc) is 2.70. The Morgan fingerprint density at radius 3 is 2.10 bits per heavy atom. The highest BCUT2D eigenvalue weighted by atomic mass is 35.5. The van der Waals surface area contributed by atoms with Crippen LogP contribution in [0.3, 0.4) is 0 Å². The van der Waals surface area contributed by atoms with E-state index in [4.69, 9.17) is 23.2 Å². The molecule has 5 nitrogen and oxygen atoms in total. The van der Waals surface area contributed by atoms with Gasteiger partial charge in [-0.2, -0.15) is 0 Å². The standard InChI is InChI=1S/C22H21Cl2NO4S2/c1-15-3-8-19(9-4-15)30(26,27)20-10-5-16(2)22(14-20)31(28,29)25-12-11-17-6-7-18(23)13-21(17)24/h3-10,13-14,25H,11-12H2,1-2H3. The summed E-state index contributed by atoms with van der Waals surface area (Å²) >= 11 is 12.0.